The van der Waals surface area contributed by atoms with Gasteiger partial charge in [-0.3, -0.25) is 9.69 Å². The first-order valence-electron chi connectivity index (χ1n) is 12.1. The van der Waals surface area contributed by atoms with E-state index in [4.69, 9.17) is 9.47 Å². The molecule has 4 aromatic rings. The second-order valence-corrected chi connectivity index (χ2v) is 9.17. The molecule has 5 rings (SSSR count). The Kier molecular flexibility index (Phi) is 6.95. The number of pyridine rings is 1. The van der Waals surface area contributed by atoms with Gasteiger partial charge in [-0.05, 0) is 53.1 Å². The number of H-pyrrole nitrogens is 1. The Balaban J connectivity index is 1.47. The number of fused-ring (bicyclic) bond motifs is 1. The molecule has 9 nitrogen and oxygen atoms in total. The normalized spacial score (nSPS) is 14.1. The lowest BCUT2D eigenvalue weighted by Gasteiger charge is -2.23. The molecule has 2 aromatic heterocycles. The molecular formula is C26H29FN6O3. The summed E-state index contributed by atoms with van der Waals surface area (Å²) in [6.45, 7) is 1.31. The van der Waals surface area contributed by atoms with E-state index in [0.717, 1.165) is 29.6 Å². The minimum absolute atomic E-state index is 0.186. The highest BCUT2D eigenvalue weighted by atomic mass is 19.1. The number of aromatic amines is 1. The third-order valence-corrected chi connectivity index (χ3v) is 6.74. The molecule has 0 bridgehead atoms. The Bertz CT molecular complexity index is 1400. The lowest BCUT2D eigenvalue weighted by atomic mass is 10.1. The predicted octanol–water partition coefficient (Wildman–Crippen LogP) is 3.99. The van der Waals surface area contributed by atoms with E-state index in [1.165, 1.54) is 25.0 Å². The van der Waals surface area contributed by atoms with Gasteiger partial charge in [0, 0.05) is 30.1 Å². The number of methoxy groups -OCH3 is 2. The van der Waals surface area contributed by atoms with Gasteiger partial charge < -0.3 is 14.5 Å². The van der Waals surface area contributed by atoms with Gasteiger partial charge in [0.25, 0.3) is 5.56 Å². The molecule has 10 heteroatoms. The standard InChI is InChI=1S/C26H29FN6O3/c1-35-23-12-18-11-19(26(34)28-22(18)13-24(23)36-2)15-32(14-17-7-9-20(27)10-8-17)16-25-29-30-31-33(25)21-5-3-4-6-21/h7-13,21H,3-6,14-16H2,1-2H3,(H,28,34). The fourth-order valence-corrected chi connectivity index (χ4v) is 4.90. The Morgan fingerprint density at radius 2 is 1.75 bits per heavy atom. The average Bonchev–Trinajstić information content (AvgIpc) is 3.57. The van der Waals surface area contributed by atoms with Gasteiger partial charge in [0.2, 0.25) is 0 Å². The summed E-state index contributed by atoms with van der Waals surface area (Å²) in [5.41, 5.74) is 2.00. The van der Waals surface area contributed by atoms with Crippen molar-refractivity contribution in [2.75, 3.05) is 14.2 Å². The predicted molar refractivity (Wildman–Crippen MR) is 132 cm³/mol. The summed E-state index contributed by atoms with van der Waals surface area (Å²) >= 11 is 0. The first-order chi connectivity index (χ1) is 17.5. The molecule has 0 unspecified atom stereocenters. The van der Waals surface area contributed by atoms with Crippen LogP contribution in [-0.2, 0) is 19.6 Å². The number of aromatic nitrogens is 5. The van der Waals surface area contributed by atoms with Gasteiger partial charge in [-0.25, -0.2) is 9.07 Å². The van der Waals surface area contributed by atoms with Crippen molar-refractivity contribution in [2.45, 2.75) is 51.4 Å². The van der Waals surface area contributed by atoms with Crippen LogP contribution in [-0.4, -0.2) is 44.3 Å². The molecule has 1 N–H and O–H groups in total. The van der Waals surface area contributed by atoms with E-state index in [9.17, 15) is 9.18 Å². The van der Waals surface area contributed by atoms with Crippen molar-refractivity contribution in [1.82, 2.24) is 30.1 Å². The summed E-state index contributed by atoms with van der Waals surface area (Å²) in [4.78, 5) is 18.1. The van der Waals surface area contributed by atoms with Crippen LogP contribution < -0.4 is 15.0 Å². The molecule has 36 heavy (non-hydrogen) atoms. The van der Waals surface area contributed by atoms with Crippen molar-refractivity contribution in [2.24, 2.45) is 0 Å². The van der Waals surface area contributed by atoms with Crippen LogP contribution in [0.4, 0.5) is 4.39 Å². The fraction of sp³-hybridized carbons (Fsp3) is 0.385. The molecule has 1 fully saturated rings. The van der Waals surface area contributed by atoms with Crippen LogP contribution in [0.2, 0.25) is 0 Å². The molecule has 0 radical (unpaired) electrons. The number of rotatable bonds is 9. The van der Waals surface area contributed by atoms with Crippen molar-refractivity contribution in [3.05, 3.63) is 75.6 Å². The zero-order valence-corrected chi connectivity index (χ0v) is 20.4. The zero-order valence-electron chi connectivity index (χ0n) is 20.4. The molecule has 2 aromatic carbocycles. The molecule has 1 aliphatic carbocycles. The largest absolute Gasteiger partial charge is 0.493 e. The lowest BCUT2D eigenvalue weighted by molar-refractivity contribution is 0.231. The van der Waals surface area contributed by atoms with Gasteiger partial charge >= 0.3 is 0 Å². The van der Waals surface area contributed by atoms with E-state index in [0.29, 0.717) is 48.3 Å². The van der Waals surface area contributed by atoms with E-state index in [2.05, 4.69) is 25.4 Å². The molecular weight excluding hydrogens is 463 g/mol. The minimum atomic E-state index is -0.286. The molecule has 0 amide bonds. The highest BCUT2D eigenvalue weighted by Gasteiger charge is 2.23. The molecule has 1 aliphatic rings. The van der Waals surface area contributed by atoms with Crippen LogP contribution in [0.25, 0.3) is 10.9 Å². The SMILES string of the molecule is COc1cc2cc(CN(Cc3ccc(F)cc3)Cc3nnnn3C3CCCC3)c(=O)[nH]c2cc1OC. The van der Waals surface area contributed by atoms with Crippen LogP contribution in [0, 0.1) is 5.82 Å². The molecule has 0 spiro atoms. The number of hydrogen-bond donors (Lipinski definition) is 1. The van der Waals surface area contributed by atoms with Gasteiger partial charge in [0.15, 0.2) is 17.3 Å². The first kappa shape index (κ1) is 23.9. The van der Waals surface area contributed by atoms with Gasteiger partial charge in [-0.1, -0.05) is 25.0 Å². The quantitative estimate of drug-likeness (QED) is 0.377. The van der Waals surface area contributed by atoms with Gasteiger partial charge in [-0.15, -0.1) is 5.10 Å². The van der Waals surface area contributed by atoms with E-state index >= 15 is 0 Å². The summed E-state index contributed by atoms with van der Waals surface area (Å²) in [6, 6.07) is 12.2. The highest BCUT2D eigenvalue weighted by molar-refractivity contribution is 5.83. The van der Waals surface area contributed by atoms with Crippen LogP contribution in [0.5, 0.6) is 11.5 Å². The Labute approximate surface area is 207 Å². The first-order valence-corrected chi connectivity index (χ1v) is 12.1. The van der Waals surface area contributed by atoms with Crippen LogP contribution in [0.3, 0.4) is 0 Å². The van der Waals surface area contributed by atoms with Crippen molar-refractivity contribution >= 4 is 10.9 Å². The summed E-state index contributed by atoms with van der Waals surface area (Å²) in [6.07, 6.45) is 4.46. The Hall–Kier alpha value is -3.79. The number of tetrazole rings is 1. The van der Waals surface area contributed by atoms with Crippen LogP contribution in [0.15, 0.2) is 47.3 Å². The van der Waals surface area contributed by atoms with E-state index in [1.807, 2.05) is 16.8 Å². The van der Waals surface area contributed by atoms with E-state index < -0.39 is 0 Å². The third-order valence-electron chi connectivity index (χ3n) is 6.74. The van der Waals surface area contributed by atoms with E-state index in [-0.39, 0.29) is 11.4 Å². The molecule has 1 saturated carbocycles. The molecule has 188 valence electrons. The molecule has 0 saturated heterocycles. The number of hydrogen-bond acceptors (Lipinski definition) is 7. The number of nitrogens with zero attached hydrogens (tertiary/aromatic N) is 5. The number of halogens is 1. The molecule has 0 aliphatic heterocycles. The maximum absolute atomic E-state index is 13.5. The average molecular weight is 493 g/mol. The van der Waals surface area contributed by atoms with Crippen molar-refractivity contribution < 1.29 is 13.9 Å². The van der Waals surface area contributed by atoms with Crippen LogP contribution in [0.1, 0.15) is 48.7 Å². The Morgan fingerprint density at radius 1 is 1.03 bits per heavy atom. The number of benzene rings is 2. The lowest BCUT2D eigenvalue weighted by Crippen LogP contribution is -2.28. The highest BCUT2D eigenvalue weighted by Crippen LogP contribution is 2.32. The van der Waals surface area contributed by atoms with Gasteiger partial charge in [0.1, 0.15) is 5.82 Å². The van der Waals surface area contributed by atoms with Gasteiger partial charge in [0.05, 0.1) is 32.3 Å². The molecule has 0 atom stereocenters. The maximum Gasteiger partial charge on any atom is 0.252 e. The van der Waals surface area contributed by atoms with Crippen LogP contribution >= 0.6 is 0 Å². The second-order valence-electron chi connectivity index (χ2n) is 9.17. The maximum atomic E-state index is 13.5. The smallest absolute Gasteiger partial charge is 0.252 e. The summed E-state index contributed by atoms with van der Waals surface area (Å²) in [5, 5.41) is 13.3. The second kappa shape index (κ2) is 10.4. The third kappa shape index (κ3) is 5.08. The van der Waals surface area contributed by atoms with Crippen molar-refractivity contribution in [1.29, 1.82) is 0 Å². The van der Waals surface area contributed by atoms with Crippen molar-refractivity contribution in [3.63, 3.8) is 0 Å². The Morgan fingerprint density at radius 3 is 2.47 bits per heavy atom. The summed E-state index contributed by atoms with van der Waals surface area (Å²) < 4.78 is 26.2. The summed E-state index contributed by atoms with van der Waals surface area (Å²) in [7, 11) is 3.14. The van der Waals surface area contributed by atoms with Crippen molar-refractivity contribution in [3.8, 4) is 11.5 Å². The van der Waals surface area contributed by atoms with E-state index in [1.54, 1.807) is 32.4 Å². The zero-order chi connectivity index (χ0) is 25.1. The fourth-order valence-electron chi connectivity index (χ4n) is 4.90. The number of nitrogens with one attached hydrogen (secondary N) is 1. The topological polar surface area (TPSA) is 98.2 Å². The monoisotopic (exact) mass is 492 g/mol. The summed E-state index contributed by atoms with van der Waals surface area (Å²) in [5.74, 6) is 1.60. The minimum Gasteiger partial charge on any atom is -0.493 e. The molecule has 2 heterocycles. The van der Waals surface area contributed by atoms with Gasteiger partial charge in [-0.2, -0.15) is 0 Å². The number of ether oxygens (including phenoxy) is 2.